The molecule has 0 aliphatic carbocycles. The first-order chi connectivity index (χ1) is 13.1. The highest BCUT2D eigenvalue weighted by molar-refractivity contribution is 6.06. The van der Waals surface area contributed by atoms with Crippen molar-refractivity contribution < 1.29 is 9.59 Å². The van der Waals surface area contributed by atoms with Crippen LogP contribution in [0.1, 0.15) is 24.0 Å². The average Bonchev–Trinajstić information content (AvgIpc) is 2.94. The number of piperidine rings is 1. The zero-order valence-corrected chi connectivity index (χ0v) is 15.5. The number of aromatic nitrogens is 1. The second-order valence-electron chi connectivity index (χ2n) is 7.53. The lowest BCUT2D eigenvalue weighted by atomic mass is 9.75. The van der Waals surface area contributed by atoms with Crippen molar-refractivity contribution in [2.24, 2.45) is 0 Å². The number of anilines is 1. The molecule has 1 spiro atoms. The lowest BCUT2D eigenvalue weighted by Crippen LogP contribution is -2.53. The smallest absolute Gasteiger partial charge is 0.236 e. The summed E-state index contributed by atoms with van der Waals surface area (Å²) in [5.41, 5.74) is 2.38. The van der Waals surface area contributed by atoms with E-state index < -0.39 is 5.41 Å². The second-order valence-corrected chi connectivity index (χ2v) is 7.53. The molecule has 1 saturated heterocycles. The fourth-order valence-electron chi connectivity index (χ4n) is 4.24. The number of hydrogen-bond acceptors (Lipinski definition) is 4. The number of benzene rings is 1. The Kier molecular flexibility index (Phi) is 4.66. The van der Waals surface area contributed by atoms with Crippen LogP contribution in [0.25, 0.3) is 0 Å². The molecule has 140 valence electrons. The maximum absolute atomic E-state index is 12.9. The van der Waals surface area contributed by atoms with E-state index in [-0.39, 0.29) is 11.8 Å². The van der Waals surface area contributed by atoms with Crippen molar-refractivity contribution in [3.63, 3.8) is 0 Å². The van der Waals surface area contributed by atoms with Gasteiger partial charge in [0.2, 0.25) is 11.8 Å². The fourth-order valence-corrected chi connectivity index (χ4v) is 4.24. The van der Waals surface area contributed by atoms with Crippen LogP contribution in [-0.2, 0) is 21.5 Å². The third-order valence-corrected chi connectivity index (χ3v) is 5.55. The van der Waals surface area contributed by atoms with E-state index in [2.05, 4.69) is 10.3 Å². The van der Waals surface area contributed by atoms with Gasteiger partial charge in [-0.1, -0.05) is 24.3 Å². The molecule has 2 aromatic rings. The van der Waals surface area contributed by atoms with Crippen LogP contribution in [0.4, 0.5) is 5.69 Å². The molecule has 6 nitrogen and oxygen atoms in total. The summed E-state index contributed by atoms with van der Waals surface area (Å²) < 4.78 is 0. The highest BCUT2D eigenvalue weighted by Gasteiger charge is 2.49. The maximum atomic E-state index is 12.9. The van der Waals surface area contributed by atoms with Gasteiger partial charge in [-0.05, 0) is 43.1 Å². The Balaban J connectivity index is 1.45. The number of nitrogens with zero attached hydrogens (tertiary/aromatic N) is 3. The van der Waals surface area contributed by atoms with E-state index in [1.54, 1.807) is 6.20 Å². The normalized spacial score (nSPS) is 21.4. The Labute approximate surface area is 159 Å². The molecule has 2 aliphatic rings. The molecule has 1 atom stereocenters. The zero-order valence-electron chi connectivity index (χ0n) is 15.5. The van der Waals surface area contributed by atoms with Gasteiger partial charge in [0, 0.05) is 37.7 Å². The summed E-state index contributed by atoms with van der Waals surface area (Å²) in [4.78, 5) is 33.6. The number of amides is 2. The van der Waals surface area contributed by atoms with Gasteiger partial charge >= 0.3 is 0 Å². The largest absolute Gasteiger partial charge is 0.340 e. The molecule has 0 saturated carbocycles. The van der Waals surface area contributed by atoms with Crippen LogP contribution in [0, 0.1) is 0 Å². The van der Waals surface area contributed by atoms with Crippen LogP contribution in [-0.4, -0.2) is 53.3 Å². The molecule has 0 bridgehead atoms. The molecule has 27 heavy (non-hydrogen) atoms. The predicted molar refractivity (Wildman–Crippen MR) is 103 cm³/mol. The number of likely N-dealkylation sites (tertiary alicyclic amines) is 1. The summed E-state index contributed by atoms with van der Waals surface area (Å²) in [7, 11) is 1.93. The lowest BCUT2D eigenvalue weighted by molar-refractivity contribution is -0.136. The Morgan fingerprint density at radius 3 is 2.96 bits per heavy atom. The summed E-state index contributed by atoms with van der Waals surface area (Å²) in [6, 6.07) is 11.7. The highest BCUT2D eigenvalue weighted by Crippen LogP contribution is 2.43. The summed E-state index contributed by atoms with van der Waals surface area (Å²) in [6.45, 7) is 2.16. The van der Waals surface area contributed by atoms with Gasteiger partial charge < -0.3 is 10.2 Å². The van der Waals surface area contributed by atoms with Crippen molar-refractivity contribution >= 4 is 17.5 Å². The number of pyridine rings is 1. The van der Waals surface area contributed by atoms with Crippen LogP contribution in [0.5, 0.6) is 0 Å². The molecule has 1 fully saturated rings. The number of carbonyl (C=O) groups is 2. The Morgan fingerprint density at radius 1 is 1.30 bits per heavy atom. The Morgan fingerprint density at radius 2 is 2.15 bits per heavy atom. The number of hydrogen-bond donors (Lipinski definition) is 1. The molecular weight excluding hydrogens is 340 g/mol. The number of likely N-dealkylation sites (N-methyl/N-ethyl adjacent to an activating group) is 1. The second kappa shape index (κ2) is 7.12. The molecule has 0 radical (unpaired) electrons. The van der Waals surface area contributed by atoms with E-state index in [0.29, 0.717) is 26.2 Å². The SMILES string of the molecule is CN(CC(=O)N1CCCC2(C1)C(=O)Nc1ccccc12)Cc1cccnc1. The quantitative estimate of drug-likeness (QED) is 0.902. The molecule has 1 unspecified atom stereocenters. The van der Waals surface area contributed by atoms with Gasteiger partial charge in [-0.25, -0.2) is 0 Å². The van der Waals surface area contributed by atoms with Gasteiger partial charge in [0.1, 0.15) is 0 Å². The average molecular weight is 364 g/mol. The van der Waals surface area contributed by atoms with Gasteiger partial charge in [0.05, 0.1) is 12.0 Å². The van der Waals surface area contributed by atoms with Crippen molar-refractivity contribution in [1.29, 1.82) is 0 Å². The molecular formula is C21H24N4O2. The Bertz CT molecular complexity index is 854. The minimum Gasteiger partial charge on any atom is -0.340 e. The van der Waals surface area contributed by atoms with Crippen molar-refractivity contribution in [3.05, 3.63) is 59.9 Å². The van der Waals surface area contributed by atoms with Crippen molar-refractivity contribution in [2.75, 3.05) is 32.0 Å². The van der Waals surface area contributed by atoms with E-state index in [0.717, 1.165) is 29.7 Å². The van der Waals surface area contributed by atoms with Gasteiger partial charge in [0.15, 0.2) is 0 Å². The fraction of sp³-hybridized carbons (Fsp3) is 0.381. The minimum absolute atomic E-state index is 0.0184. The first-order valence-electron chi connectivity index (χ1n) is 9.35. The molecule has 1 aromatic carbocycles. The number of nitrogens with one attached hydrogen (secondary N) is 1. The summed E-state index contributed by atoms with van der Waals surface area (Å²) in [6.07, 6.45) is 5.17. The number of rotatable bonds is 4. The maximum Gasteiger partial charge on any atom is 0.236 e. The van der Waals surface area contributed by atoms with Gasteiger partial charge in [-0.2, -0.15) is 0 Å². The third-order valence-electron chi connectivity index (χ3n) is 5.55. The predicted octanol–water partition coefficient (Wildman–Crippen LogP) is 2.03. The topological polar surface area (TPSA) is 65.5 Å². The summed E-state index contributed by atoms with van der Waals surface area (Å²) in [5, 5.41) is 3.00. The molecule has 2 amide bonds. The lowest BCUT2D eigenvalue weighted by Gasteiger charge is -2.39. The van der Waals surface area contributed by atoms with Crippen LogP contribution >= 0.6 is 0 Å². The number of carbonyl (C=O) groups excluding carboxylic acids is 2. The van der Waals surface area contributed by atoms with E-state index in [1.165, 1.54) is 0 Å². The van der Waals surface area contributed by atoms with Crippen LogP contribution in [0.2, 0.25) is 0 Å². The van der Waals surface area contributed by atoms with Crippen LogP contribution in [0.15, 0.2) is 48.8 Å². The van der Waals surface area contributed by atoms with E-state index in [9.17, 15) is 9.59 Å². The minimum atomic E-state index is -0.605. The molecule has 1 aromatic heterocycles. The van der Waals surface area contributed by atoms with E-state index >= 15 is 0 Å². The molecule has 1 N–H and O–H groups in total. The van der Waals surface area contributed by atoms with Crippen molar-refractivity contribution in [1.82, 2.24) is 14.8 Å². The number of para-hydroxylation sites is 1. The highest BCUT2D eigenvalue weighted by atomic mass is 16.2. The van der Waals surface area contributed by atoms with Crippen molar-refractivity contribution in [2.45, 2.75) is 24.8 Å². The van der Waals surface area contributed by atoms with Gasteiger partial charge in [-0.15, -0.1) is 0 Å². The number of fused-ring (bicyclic) bond motifs is 2. The van der Waals surface area contributed by atoms with Crippen LogP contribution in [0.3, 0.4) is 0 Å². The van der Waals surface area contributed by atoms with Gasteiger partial charge in [0.25, 0.3) is 0 Å². The monoisotopic (exact) mass is 364 g/mol. The summed E-state index contributed by atoms with van der Waals surface area (Å²) >= 11 is 0. The summed E-state index contributed by atoms with van der Waals surface area (Å²) in [5.74, 6) is 0.0857. The molecule has 3 heterocycles. The van der Waals surface area contributed by atoms with Crippen LogP contribution < -0.4 is 5.32 Å². The molecule has 4 rings (SSSR count). The standard InChI is InChI=1S/C21H24N4O2/c1-24(13-16-6-4-10-22-12-16)14-19(26)25-11-5-9-21(15-25)17-7-2-3-8-18(17)23-20(21)27/h2-4,6-8,10,12H,5,9,11,13-15H2,1H3,(H,23,27). The Hall–Kier alpha value is -2.73. The molecule has 6 heteroatoms. The van der Waals surface area contributed by atoms with E-state index in [1.807, 2.05) is 59.4 Å². The van der Waals surface area contributed by atoms with Gasteiger partial charge in [-0.3, -0.25) is 19.5 Å². The van der Waals surface area contributed by atoms with E-state index in [4.69, 9.17) is 0 Å². The molecule has 2 aliphatic heterocycles. The first kappa shape index (κ1) is 17.7. The third kappa shape index (κ3) is 3.32. The first-order valence-corrected chi connectivity index (χ1v) is 9.35. The zero-order chi connectivity index (χ0) is 18.9. The van der Waals surface area contributed by atoms with Crippen molar-refractivity contribution in [3.8, 4) is 0 Å².